The lowest BCUT2D eigenvalue weighted by atomic mass is 10.1. The SMILES string of the molecule is CNC(=O)[C@H]1CN(C(=O)c2ccncc2)Cc2ccnn21. The number of aromatic nitrogens is 3. The predicted molar refractivity (Wildman–Crippen MR) is 74.3 cm³/mol. The normalized spacial score (nSPS) is 17.2. The van der Waals surface area contributed by atoms with Crippen LogP contribution in [0.1, 0.15) is 22.1 Å². The first kappa shape index (κ1) is 13.3. The number of amides is 2. The van der Waals surface area contributed by atoms with Gasteiger partial charge in [0.1, 0.15) is 6.04 Å². The van der Waals surface area contributed by atoms with Gasteiger partial charge >= 0.3 is 0 Å². The minimum Gasteiger partial charge on any atom is -0.357 e. The summed E-state index contributed by atoms with van der Waals surface area (Å²) in [6.45, 7) is 0.740. The number of hydrogen-bond donors (Lipinski definition) is 1. The van der Waals surface area contributed by atoms with E-state index in [0.29, 0.717) is 18.7 Å². The highest BCUT2D eigenvalue weighted by Gasteiger charge is 2.32. The Morgan fingerprint density at radius 1 is 1.24 bits per heavy atom. The minimum atomic E-state index is -0.500. The molecule has 2 amide bonds. The van der Waals surface area contributed by atoms with Gasteiger partial charge in [-0.3, -0.25) is 19.3 Å². The Bertz CT molecular complexity index is 667. The molecule has 3 heterocycles. The quantitative estimate of drug-likeness (QED) is 0.856. The van der Waals surface area contributed by atoms with E-state index < -0.39 is 6.04 Å². The van der Waals surface area contributed by atoms with Crippen molar-refractivity contribution in [2.24, 2.45) is 0 Å². The van der Waals surface area contributed by atoms with Crippen molar-refractivity contribution in [3.63, 3.8) is 0 Å². The number of hydrogen-bond acceptors (Lipinski definition) is 4. The van der Waals surface area contributed by atoms with Crippen molar-refractivity contribution in [2.45, 2.75) is 12.6 Å². The molecular weight excluding hydrogens is 270 g/mol. The highest BCUT2D eigenvalue weighted by Crippen LogP contribution is 2.22. The van der Waals surface area contributed by atoms with Crippen LogP contribution < -0.4 is 5.32 Å². The van der Waals surface area contributed by atoms with Gasteiger partial charge in [-0.15, -0.1) is 0 Å². The van der Waals surface area contributed by atoms with E-state index in [-0.39, 0.29) is 11.8 Å². The molecule has 0 saturated heterocycles. The summed E-state index contributed by atoms with van der Waals surface area (Å²) in [6, 6.07) is 4.66. The molecule has 0 fully saturated rings. The van der Waals surface area contributed by atoms with Gasteiger partial charge in [-0.1, -0.05) is 0 Å². The van der Waals surface area contributed by atoms with Gasteiger partial charge in [-0.2, -0.15) is 5.10 Å². The molecule has 3 rings (SSSR count). The summed E-state index contributed by atoms with van der Waals surface area (Å²) in [6.07, 6.45) is 4.81. The van der Waals surface area contributed by atoms with Gasteiger partial charge < -0.3 is 10.2 Å². The minimum absolute atomic E-state index is 0.112. The zero-order valence-corrected chi connectivity index (χ0v) is 11.6. The summed E-state index contributed by atoms with van der Waals surface area (Å²) in [5, 5.41) is 6.80. The monoisotopic (exact) mass is 285 g/mol. The molecule has 0 spiro atoms. The number of likely N-dealkylation sites (N-methyl/N-ethyl adjacent to an activating group) is 1. The van der Waals surface area contributed by atoms with Crippen LogP contribution in [0.25, 0.3) is 0 Å². The topological polar surface area (TPSA) is 80.1 Å². The van der Waals surface area contributed by atoms with Crippen LogP contribution in [0.15, 0.2) is 36.8 Å². The second-order valence-electron chi connectivity index (χ2n) is 4.82. The Hall–Kier alpha value is -2.70. The molecular formula is C14H15N5O2. The number of nitrogens with zero attached hydrogens (tertiary/aromatic N) is 4. The Morgan fingerprint density at radius 2 is 2.00 bits per heavy atom. The number of nitrogens with one attached hydrogen (secondary N) is 1. The highest BCUT2D eigenvalue weighted by atomic mass is 16.2. The Morgan fingerprint density at radius 3 is 2.71 bits per heavy atom. The van der Waals surface area contributed by atoms with E-state index in [1.165, 1.54) is 0 Å². The summed E-state index contributed by atoms with van der Waals surface area (Å²) in [5.74, 6) is -0.272. The van der Waals surface area contributed by atoms with Crippen LogP contribution >= 0.6 is 0 Å². The fourth-order valence-corrected chi connectivity index (χ4v) is 2.49. The number of carbonyl (C=O) groups excluding carboxylic acids is 2. The lowest BCUT2D eigenvalue weighted by molar-refractivity contribution is -0.125. The Balaban J connectivity index is 1.90. The van der Waals surface area contributed by atoms with Gasteiger partial charge in [0.25, 0.3) is 5.91 Å². The van der Waals surface area contributed by atoms with Crippen LogP contribution in [0.3, 0.4) is 0 Å². The van der Waals surface area contributed by atoms with Gasteiger partial charge in [0, 0.05) is 31.2 Å². The molecule has 2 aromatic rings. The zero-order valence-electron chi connectivity index (χ0n) is 11.6. The highest BCUT2D eigenvalue weighted by molar-refractivity contribution is 5.94. The number of fused-ring (bicyclic) bond motifs is 1. The molecule has 7 nitrogen and oxygen atoms in total. The third-order valence-corrected chi connectivity index (χ3v) is 3.56. The van der Waals surface area contributed by atoms with E-state index in [1.807, 2.05) is 6.07 Å². The van der Waals surface area contributed by atoms with Gasteiger partial charge in [-0.05, 0) is 18.2 Å². The number of carbonyl (C=O) groups is 2. The molecule has 0 saturated carbocycles. The van der Waals surface area contributed by atoms with Crippen LogP contribution in [0, 0.1) is 0 Å². The van der Waals surface area contributed by atoms with E-state index in [4.69, 9.17) is 0 Å². The molecule has 1 aliphatic heterocycles. The standard InChI is InChI=1S/C14H15N5O2/c1-15-13(20)12-9-18(8-11-4-7-17-19(11)12)14(21)10-2-5-16-6-3-10/h2-7,12H,8-9H2,1H3,(H,15,20)/t12-/m1/s1. The average molecular weight is 285 g/mol. The van der Waals surface area contributed by atoms with Crippen LogP contribution in [0.5, 0.6) is 0 Å². The molecule has 0 radical (unpaired) electrons. The third-order valence-electron chi connectivity index (χ3n) is 3.56. The van der Waals surface area contributed by atoms with E-state index in [9.17, 15) is 9.59 Å². The lowest BCUT2D eigenvalue weighted by Crippen LogP contribution is -2.46. The maximum atomic E-state index is 12.5. The molecule has 0 aromatic carbocycles. The zero-order chi connectivity index (χ0) is 14.8. The molecule has 0 unspecified atom stereocenters. The Labute approximate surface area is 121 Å². The average Bonchev–Trinajstić information content (AvgIpc) is 3.01. The van der Waals surface area contributed by atoms with E-state index >= 15 is 0 Å². The summed E-state index contributed by atoms with van der Waals surface area (Å²) < 4.78 is 1.68. The maximum Gasteiger partial charge on any atom is 0.254 e. The summed E-state index contributed by atoms with van der Waals surface area (Å²) in [7, 11) is 1.58. The summed E-state index contributed by atoms with van der Waals surface area (Å²) in [4.78, 5) is 30.1. The molecule has 21 heavy (non-hydrogen) atoms. The second-order valence-corrected chi connectivity index (χ2v) is 4.82. The predicted octanol–water partition coefficient (Wildman–Crippen LogP) is 0.221. The molecule has 1 atom stereocenters. The Kier molecular flexibility index (Phi) is 3.39. The van der Waals surface area contributed by atoms with Crippen LogP contribution in [-0.4, -0.2) is 45.1 Å². The molecule has 2 aromatic heterocycles. The van der Waals surface area contributed by atoms with Crippen LogP contribution in [-0.2, 0) is 11.3 Å². The molecule has 1 aliphatic rings. The second kappa shape index (κ2) is 5.35. The molecule has 0 aliphatic carbocycles. The maximum absolute atomic E-state index is 12.5. The summed E-state index contributed by atoms with van der Waals surface area (Å²) >= 11 is 0. The first-order chi connectivity index (χ1) is 10.2. The van der Waals surface area contributed by atoms with Gasteiger partial charge in [-0.25, -0.2) is 0 Å². The van der Waals surface area contributed by atoms with E-state index in [1.54, 1.807) is 47.4 Å². The lowest BCUT2D eigenvalue weighted by Gasteiger charge is -2.33. The van der Waals surface area contributed by atoms with Gasteiger partial charge in [0.15, 0.2) is 0 Å². The van der Waals surface area contributed by atoms with Crippen LogP contribution in [0.2, 0.25) is 0 Å². The van der Waals surface area contributed by atoms with E-state index in [2.05, 4.69) is 15.4 Å². The van der Waals surface area contributed by atoms with Crippen molar-refractivity contribution >= 4 is 11.8 Å². The number of rotatable bonds is 2. The van der Waals surface area contributed by atoms with Gasteiger partial charge in [0.2, 0.25) is 5.91 Å². The van der Waals surface area contributed by atoms with Crippen molar-refractivity contribution in [3.8, 4) is 0 Å². The van der Waals surface area contributed by atoms with Gasteiger partial charge in [0.05, 0.1) is 18.8 Å². The van der Waals surface area contributed by atoms with Crippen molar-refractivity contribution < 1.29 is 9.59 Å². The fourth-order valence-electron chi connectivity index (χ4n) is 2.49. The summed E-state index contributed by atoms with van der Waals surface area (Å²) in [5.41, 5.74) is 1.41. The van der Waals surface area contributed by atoms with Crippen molar-refractivity contribution in [3.05, 3.63) is 48.0 Å². The first-order valence-electron chi connectivity index (χ1n) is 6.64. The van der Waals surface area contributed by atoms with Crippen molar-refractivity contribution in [1.29, 1.82) is 0 Å². The molecule has 108 valence electrons. The fraction of sp³-hybridized carbons (Fsp3) is 0.286. The molecule has 0 bridgehead atoms. The molecule has 7 heteroatoms. The molecule has 1 N–H and O–H groups in total. The number of pyridine rings is 1. The van der Waals surface area contributed by atoms with Crippen molar-refractivity contribution in [2.75, 3.05) is 13.6 Å². The largest absolute Gasteiger partial charge is 0.357 e. The van der Waals surface area contributed by atoms with Crippen LogP contribution in [0.4, 0.5) is 0 Å². The third kappa shape index (κ3) is 2.37. The van der Waals surface area contributed by atoms with E-state index in [0.717, 1.165) is 5.69 Å². The smallest absolute Gasteiger partial charge is 0.254 e. The van der Waals surface area contributed by atoms with Crippen molar-refractivity contribution in [1.82, 2.24) is 25.0 Å². The first-order valence-corrected chi connectivity index (χ1v) is 6.64.